The Morgan fingerprint density at radius 2 is 1.74 bits per heavy atom. The summed E-state index contributed by atoms with van der Waals surface area (Å²) in [5, 5.41) is 0. The molecule has 1 aromatic carbocycles. The number of nitrogens with zero attached hydrogens (tertiary/aromatic N) is 2. The number of hydrogen-bond acceptors (Lipinski definition) is 3. The average Bonchev–Trinajstić information content (AvgIpc) is 2.31. The fourth-order valence-electron chi connectivity index (χ4n) is 2.58. The number of likely N-dealkylation sites (N-methyl/N-ethyl adjacent to an activating group) is 1. The van der Waals surface area contributed by atoms with Crippen LogP contribution in [0.15, 0.2) is 24.3 Å². The van der Waals surface area contributed by atoms with Crippen LogP contribution in [0.3, 0.4) is 0 Å². The predicted octanol–water partition coefficient (Wildman–Crippen LogP) is 2.22. The third-order valence-corrected chi connectivity index (χ3v) is 3.45. The van der Waals surface area contributed by atoms with E-state index in [0.29, 0.717) is 18.8 Å². The van der Waals surface area contributed by atoms with Crippen molar-refractivity contribution in [2.24, 2.45) is 5.73 Å². The van der Waals surface area contributed by atoms with Crippen LogP contribution >= 0.6 is 0 Å². The molecule has 2 N–H and O–H groups in total. The number of anilines is 2. The van der Waals surface area contributed by atoms with Gasteiger partial charge in [-0.05, 0) is 19.1 Å². The molecule has 1 aliphatic rings. The van der Waals surface area contributed by atoms with E-state index in [1.807, 2.05) is 24.1 Å². The standard InChI is InChI=1S/C13H18F3N3/c1-9(17)12(13(14,15)16)19-8-7-18(2)10-5-3-4-6-11(10)19/h3-6,9,12H,7-8,17H2,1-2H3. The molecule has 1 aliphatic heterocycles. The highest BCUT2D eigenvalue weighted by Crippen LogP contribution is 2.37. The Hall–Kier alpha value is -1.43. The van der Waals surface area contributed by atoms with Gasteiger partial charge in [-0.3, -0.25) is 0 Å². The van der Waals surface area contributed by atoms with E-state index in [-0.39, 0.29) is 0 Å². The fourth-order valence-corrected chi connectivity index (χ4v) is 2.58. The SMILES string of the molecule is CC(N)C(N1CCN(C)c2ccccc21)C(F)(F)F. The molecule has 3 nitrogen and oxygen atoms in total. The molecule has 0 saturated heterocycles. The van der Waals surface area contributed by atoms with Crippen LogP contribution in [0.4, 0.5) is 24.5 Å². The molecular weight excluding hydrogens is 255 g/mol. The van der Waals surface area contributed by atoms with Crippen molar-refractivity contribution in [3.63, 3.8) is 0 Å². The Balaban J connectivity index is 2.43. The van der Waals surface area contributed by atoms with E-state index in [2.05, 4.69) is 0 Å². The molecule has 2 rings (SSSR count). The lowest BCUT2D eigenvalue weighted by Gasteiger charge is -2.43. The lowest BCUT2D eigenvalue weighted by atomic mass is 10.0. The van der Waals surface area contributed by atoms with Crippen LogP contribution in [0.1, 0.15) is 6.92 Å². The summed E-state index contributed by atoms with van der Waals surface area (Å²) in [5.74, 6) is 0. The van der Waals surface area contributed by atoms with Gasteiger partial charge in [0.15, 0.2) is 0 Å². The number of rotatable bonds is 2. The van der Waals surface area contributed by atoms with Gasteiger partial charge in [0.2, 0.25) is 0 Å². The first kappa shape index (κ1) is 14.0. The van der Waals surface area contributed by atoms with Crippen molar-refractivity contribution < 1.29 is 13.2 Å². The lowest BCUT2D eigenvalue weighted by Crippen LogP contribution is -2.58. The molecule has 0 radical (unpaired) electrons. The zero-order valence-electron chi connectivity index (χ0n) is 11.0. The third kappa shape index (κ3) is 2.63. The van der Waals surface area contributed by atoms with Gasteiger partial charge in [-0.1, -0.05) is 12.1 Å². The number of alkyl halides is 3. The molecule has 106 valence electrons. The van der Waals surface area contributed by atoms with Crippen LogP contribution in [0.25, 0.3) is 0 Å². The molecule has 0 aromatic heterocycles. The minimum Gasteiger partial charge on any atom is -0.371 e. The topological polar surface area (TPSA) is 32.5 Å². The van der Waals surface area contributed by atoms with Crippen LogP contribution in [-0.4, -0.2) is 38.4 Å². The normalized spacial score (nSPS) is 19.1. The first-order valence-electron chi connectivity index (χ1n) is 6.21. The molecule has 1 aromatic rings. The maximum absolute atomic E-state index is 13.2. The molecule has 0 fully saturated rings. The minimum atomic E-state index is -4.34. The predicted molar refractivity (Wildman–Crippen MR) is 70.6 cm³/mol. The summed E-state index contributed by atoms with van der Waals surface area (Å²) in [5.41, 5.74) is 6.97. The smallest absolute Gasteiger partial charge is 0.371 e. The van der Waals surface area contributed by atoms with Gasteiger partial charge in [-0.15, -0.1) is 0 Å². The number of fused-ring (bicyclic) bond motifs is 1. The van der Waals surface area contributed by atoms with Crippen molar-refractivity contribution in [1.82, 2.24) is 0 Å². The Kier molecular flexibility index (Phi) is 3.62. The maximum atomic E-state index is 13.2. The molecule has 6 heteroatoms. The van der Waals surface area contributed by atoms with E-state index in [4.69, 9.17) is 5.73 Å². The Morgan fingerprint density at radius 3 is 2.26 bits per heavy atom. The van der Waals surface area contributed by atoms with Gasteiger partial charge < -0.3 is 15.5 Å². The van der Waals surface area contributed by atoms with Crippen molar-refractivity contribution in [2.75, 3.05) is 29.9 Å². The van der Waals surface area contributed by atoms with Gasteiger partial charge in [-0.2, -0.15) is 13.2 Å². The zero-order chi connectivity index (χ0) is 14.2. The van der Waals surface area contributed by atoms with Crippen molar-refractivity contribution in [3.05, 3.63) is 24.3 Å². The van der Waals surface area contributed by atoms with Gasteiger partial charge in [0, 0.05) is 26.2 Å². The van der Waals surface area contributed by atoms with Crippen LogP contribution in [0.2, 0.25) is 0 Å². The maximum Gasteiger partial charge on any atom is 0.410 e. The summed E-state index contributed by atoms with van der Waals surface area (Å²) >= 11 is 0. The van der Waals surface area contributed by atoms with Crippen LogP contribution in [0.5, 0.6) is 0 Å². The zero-order valence-corrected chi connectivity index (χ0v) is 11.0. The van der Waals surface area contributed by atoms with Crippen LogP contribution in [-0.2, 0) is 0 Å². The number of benzene rings is 1. The minimum absolute atomic E-state index is 0.319. The summed E-state index contributed by atoms with van der Waals surface area (Å²) in [4.78, 5) is 3.33. The lowest BCUT2D eigenvalue weighted by molar-refractivity contribution is -0.152. The van der Waals surface area contributed by atoms with Crippen molar-refractivity contribution >= 4 is 11.4 Å². The van der Waals surface area contributed by atoms with Crippen molar-refractivity contribution in [3.8, 4) is 0 Å². The Bertz CT molecular complexity index is 445. The summed E-state index contributed by atoms with van der Waals surface area (Å²) in [7, 11) is 1.88. The van der Waals surface area contributed by atoms with E-state index in [0.717, 1.165) is 5.69 Å². The molecule has 1 heterocycles. The highest BCUT2D eigenvalue weighted by Gasteiger charge is 2.47. The van der Waals surface area contributed by atoms with E-state index >= 15 is 0 Å². The molecular formula is C13H18F3N3. The summed E-state index contributed by atoms with van der Waals surface area (Å²) in [6.07, 6.45) is -4.34. The molecule has 19 heavy (non-hydrogen) atoms. The van der Waals surface area contributed by atoms with Gasteiger partial charge in [0.25, 0.3) is 0 Å². The van der Waals surface area contributed by atoms with Crippen LogP contribution < -0.4 is 15.5 Å². The number of nitrogens with two attached hydrogens (primary N) is 1. The summed E-state index contributed by atoms with van der Waals surface area (Å²) < 4.78 is 39.6. The van der Waals surface area contributed by atoms with Gasteiger partial charge >= 0.3 is 6.18 Å². The number of hydrogen-bond donors (Lipinski definition) is 1. The van der Waals surface area contributed by atoms with Gasteiger partial charge in [0.1, 0.15) is 6.04 Å². The van der Waals surface area contributed by atoms with E-state index in [1.165, 1.54) is 11.8 Å². The van der Waals surface area contributed by atoms with Gasteiger partial charge in [-0.25, -0.2) is 0 Å². The second kappa shape index (κ2) is 4.92. The Morgan fingerprint density at radius 1 is 1.16 bits per heavy atom. The molecule has 0 bridgehead atoms. The molecule has 2 unspecified atom stereocenters. The second-order valence-electron chi connectivity index (χ2n) is 4.95. The van der Waals surface area contributed by atoms with Crippen molar-refractivity contribution in [2.45, 2.75) is 25.2 Å². The first-order valence-corrected chi connectivity index (χ1v) is 6.21. The Labute approximate surface area is 110 Å². The summed E-state index contributed by atoms with van der Waals surface area (Å²) in [6.45, 7) is 2.27. The van der Waals surface area contributed by atoms with Gasteiger partial charge in [0.05, 0.1) is 11.4 Å². The first-order chi connectivity index (χ1) is 8.82. The summed E-state index contributed by atoms with van der Waals surface area (Å²) in [6, 6.07) is 4.49. The van der Waals surface area contributed by atoms with E-state index < -0.39 is 18.3 Å². The quantitative estimate of drug-likeness (QED) is 0.897. The molecule has 0 amide bonds. The number of halogens is 3. The molecule has 0 spiro atoms. The van der Waals surface area contributed by atoms with E-state index in [1.54, 1.807) is 12.1 Å². The largest absolute Gasteiger partial charge is 0.410 e. The molecule has 0 aliphatic carbocycles. The molecule has 2 atom stereocenters. The average molecular weight is 273 g/mol. The van der Waals surface area contributed by atoms with Crippen LogP contribution in [0, 0.1) is 0 Å². The second-order valence-corrected chi connectivity index (χ2v) is 4.95. The highest BCUT2D eigenvalue weighted by atomic mass is 19.4. The highest BCUT2D eigenvalue weighted by molar-refractivity contribution is 5.73. The van der Waals surface area contributed by atoms with E-state index in [9.17, 15) is 13.2 Å². The molecule has 0 saturated carbocycles. The third-order valence-electron chi connectivity index (χ3n) is 3.45. The fraction of sp³-hybridized carbons (Fsp3) is 0.538. The van der Waals surface area contributed by atoms with Crippen molar-refractivity contribution in [1.29, 1.82) is 0 Å². The monoisotopic (exact) mass is 273 g/mol. The number of para-hydroxylation sites is 2.